The standard InChI is InChI=1S/C26H13F5N4O/c27-20-6-7-21(23(29)10-20)25(36,19-13-33-15-34-14-19)26(30,31)24-8-3-16(12-35-24)1-4-18-5-2-17(11-32)9-22(18)28/h2-3,5-10,12-15,36H. The summed E-state index contributed by atoms with van der Waals surface area (Å²) in [7, 11) is 0. The second-order valence-corrected chi connectivity index (χ2v) is 7.52. The van der Waals surface area contributed by atoms with Crippen molar-refractivity contribution in [1.29, 1.82) is 5.26 Å². The highest BCUT2D eigenvalue weighted by Crippen LogP contribution is 2.49. The van der Waals surface area contributed by atoms with Crippen molar-refractivity contribution in [3.8, 4) is 17.9 Å². The van der Waals surface area contributed by atoms with E-state index in [0.29, 0.717) is 12.1 Å². The average molecular weight is 492 g/mol. The summed E-state index contributed by atoms with van der Waals surface area (Å²) < 4.78 is 73.7. The topological polar surface area (TPSA) is 82.7 Å². The number of halogens is 5. The molecule has 4 aromatic rings. The minimum Gasteiger partial charge on any atom is -0.374 e. The zero-order valence-corrected chi connectivity index (χ0v) is 18.1. The van der Waals surface area contributed by atoms with Crippen LogP contribution in [0, 0.1) is 40.6 Å². The SMILES string of the molecule is N#Cc1ccc(C#Cc2ccc(C(F)(F)C(O)(c3cncnc3)c3ccc(F)cc3F)nc2)c(F)c1. The minimum absolute atomic E-state index is 0.0198. The van der Waals surface area contributed by atoms with Crippen molar-refractivity contribution < 1.29 is 27.1 Å². The van der Waals surface area contributed by atoms with Crippen molar-refractivity contribution in [2.24, 2.45) is 0 Å². The first-order chi connectivity index (χ1) is 17.2. The fourth-order valence-corrected chi connectivity index (χ4v) is 3.44. The molecule has 0 aliphatic heterocycles. The summed E-state index contributed by atoms with van der Waals surface area (Å²) in [4.78, 5) is 10.9. The van der Waals surface area contributed by atoms with Gasteiger partial charge in [0.1, 0.15) is 29.5 Å². The molecule has 1 N–H and O–H groups in total. The Bertz CT molecular complexity index is 1530. The summed E-state index contributed by atoms with van der Waals surface area (Å²) in [5.74, 6) is -2.32. The summed E-state index contributed by atoms with van der Waals surface area (Å²) in [6, 6.07) is 9.31. The highest BCUT2D eigenvalue weighted by molar-refractivity contribution is 5.46. The lowest BCUT2D eigenvalue weighted by molar-refractivity contribution is -0.175. The second kappa shape index (κ2) is 9.53. The molecule has 0 radical (unpaired) electrons. The van der Waals surface area contributed by atoms with Gasteiger partial charge < -0.3 is 5.11 Å². The number of benzene rings is 2. The Labute approximate surface area is 201 Å². The van der Waals surface area contributed by atoms with Gasteiger partial charge in [-0.1, -0.05) is 11.8 Å². The fraction of sp³-hybridized carbons (Fsp3) is 0.0769. The Hall–Kier alpha value is -4.67. The number of aliphatic hydroxyl groups is 1. The van der Waals surface area contributed by atoms with E-state index in [1.54, 1.807) is 6.07 Å². The summed E-state index contributed by atoms with van der Waals surface area (Å²) in [6.07, 6.45) is 3.78. The largest absolute Gasteiger partial charge is 0.374 e. The van der Waals surface area contributed by atoms with E-state index in [2.05, 4.69) is 26.8 Å². The van der Waals surface area contributed by atoms with Gasteiger partial charge in [-0.2, -0.15) is 14.0 Å². The molecule has 0 fully saturated rings. The molecule has 5 nitrogen and oxygen atoms in total. The van der Waals surface area contributed by atoms with Crippen LogP contribution in [0.2, 0.25) is 0 Å². The van der Waals surface area contributed by atoms with Crippen LogP contribution >= 0.6 is 0 Å². The molecule has 4 rings (SSSR count). The molecule has 2 aromatic heterocycles. The average Bonchev–Trinajstić information content (AvgIpc) is 2.88. The third kappa shape index (κ3) is 4.38. The summed E-state index contributed by atoms with van der Waals surface area (Å²) in [5.41, 5.74) is -5.54. The van der Waals surface area contributed by atoms with Crippen LogP contribution in [-0.4, -0.2) is 20.1 Å². The van der Waals surface area contributed by atoms with E-state index in [4.69, 9.17) is 5.26 Å². The third-order valence-corrected chi connectivity index (χ3v) is 5.28. The summed E-state index contributed by atoms with van der Waals surface area (Å²) >= 11 is 0. The van der Waals surface area contributed by atoms with E-state index in [1.165, 1.54) is 12.1 Å². The second-order valence-electron chi connectivity index (χ2n) is 7.52. The zero-order valence-electron chi connectivity index (χ0n) is 18.1. The van der Waals surface area contributed by atoms with E-state index in [9.17, 15) is 18.3 Å². The first-order valence-corrected chi connectivity index (χ1v) is 10.2. The Balaban J connectivity index is 1.75. The summed E-state index contributed by atoms with van der Waals surface area (Å²) in [5, 5.41) is 20.1. The number of aromatic nitrogens is 3. The Morgan fingerprint density at radius 1 is 0.806 bits per heavy atom. The first-order valence-electron chi connectivity index (χ1n) is 10.2. The highest BCUT2D eigenvalue weighted by Gasteiger charge is 2.58. The van der Waals surface area contributed by atoms with Crippen LogP contribution in [0.5, 0.6) is 0 Å². The zero-order chi connectivity index (χ0) is 25.9. The lowest BCUT2D eigenvalue weighted by Crippen LogP contribution is -2.45. The van der Waals surface area contributed by atoms with E-state index in [-0.39, 0.29) is 16.7 Å². The van der Waals surface area contributed by atoms with E-state index in [1.807, 2.05) is 0 Å². The van der Waals surface area contributed by atoms with Crippen molar-refractivity contribution in [1.82, 2.24) is 15.0 Å². The van der Waals surface area contributed by atoms with Gasteiger partial charge in [0.05, 0.1) is 17.2 Å². The predicted molar refractivity (Wildman–Crippen MR) is 117 cm³/mol. The van der Waals surface area contributed by atoms with Gasteiger partial charge in [0, 0.05) is 41.3 Å². The molecule has 1 unspecified atom stereocenters. The van der Waals surface area contributed by atoms with Gasteiger partial charge >= 0.3 is 5.92 Å². The monoisotopic (exact) mass is 492 g/mol. The Morgan fingerprint density at radius 3 is 2.14 bits per heavy atom. The third-order valence-electron chi connectivity index (χ3n) is 5.28. The van der Waals surface area contributed by atoms with Crippen LogP contribution in [0.25, 0.3) is 0 Å². The normalized spacial score (nSPS) is 12.7. The number of nitrogens with zero attached hydrogens (tertiary/aromatic N) is 4. The maximum Gasteiger partial charge on any atom is 0.326 e. The van der Waals surface area contributed by atoms with Gasteiger partial charge in [-0.25, -0.2) is 23.1 Å². The molecule has 0 amide bonds. The van der Waals surface area contributed by atoms with Crippen LogP contribution in [0.4, 0.5) is 22.0 Å². The molecule has 0 saturated carbocycles. The first kappa shape index (κ1) is 24.5. The quantitative estimate of drug-likeness (QED) is 0.333. The Kier molecular flexibility index (Phi) is 6.47. The van der Waals surface area contributed by atoms with Crippen LogP contribution in [0.3, 0.4) is 0 Å². The molecule has 0 spiro atoms. The maximum absolute atomic E-state index is 15.8. The van der Waals surface area contributed by atoms with E-state index in [0.717, 1.165) is 49.2 Å². The molecule has 0 saturated heterocycles. The van der Waals surface area contributed by atoms with Crippen LogP contribution in [0.15, 0.2) is 73.4 Å². The predicted octanol–water partition coefficient (Wildman–Crippen LogP) is 4.59. The van der Waals surface area contributed by atoms with Gasteiger partial charge in [-0.15, -0.1) is 0 Å². The number of hydrogen-bond donors (Lipinski definition) is 1. The molecular weight excluding hydrogens is 479 g/mol. The van der Waals surface area contributed by atoms with Crippen LogP contribution in [0.1, 0.15) is 33.5 Å². The lowest BCUT2D eigenvalue weighted by atomic mass is 9.80. The van der Waals surface area contributed by atoms with Gasteiger partial charge in [0.15, 0.2) is 5.60 Å². The molecule has 178 valence electrons. The van der Waals surface area contributed by atoms with Crippen LogP contribution in [-0.2, 0) is 11.5 Å². The number of hydrogen-bond acceptors (Lipinski definition) is 5. The van der Waals surface area contributed by atoms with Gasteiger partial charge in [-0.3, -0.25) is 4.98 Å². The van der Waals surface area contributed by atoms with Crippen molar-refractivity contribution in [2.45, 2.75) is 11.5 Å². The number of pyridine rings is 1. The molecule has 1 atom stereocenters. The number of nitriles is 1. The van der Waals surface area contributed by atoms with Crippen molar-refractivity contribution in [3.05, 3.63) is 124 Å². The van der Waals surface area contributed by atoms with Crippen molar-refractivity contribution in [2.75, 3.05) is 0 Å². The molecule has 10 heteroatoms. The molecule has 2 aromatic carbocycles. The molecule has 0 bridgehead atoms. The van der Waals surface area contributed by atoms with Crippen molar-refractivity contribution in [3.63, 3.8) is 0 Å². The summed E-state index contributed by atoms with van der Waals surface area (Å²) in [6.45, 7) is 0. The van der Waals surface area contributed by atoms with Gasteiger partial charge in [-0.05, 0) is 42.5 Å². The fourth-order valence-electron chi connectivity index (χ4n) is 3.44. The lowest BCUT2D eigenvalue weighted by Gasteiger charge is -2.36. The number of alkyl halides is 2. The maximum atomic E-state index is 15.8. The molecular formula is C26H13F5N4O. The Morgan fingerprint density at radius 2 is 1.53 bits per heavy atom. The minimum atomic E-state index is -4.25. The molecule has 0 aliphatic rings. The van der Waals surface area contributed by atoms with E-state index >= 15 is 8.78 Å². The molecule has 0 aliphatic carbocycles. The van der Waals surface area contributed by atoms with Gasteiger partial charge in [0.2, 0.25) is 0 Å². The molecule has 36 heavy (non-hydrogen) atoms. The molecule has 2 heterocycles. The van der Waals surface area contributed by atoms with E-state index < -0.39 is 45.8 Å². The van der Waals surface area contributed by atoms with Crippen molar-refractivity contribution >= 4 is 0 Å². The van der Waals surface area contributed by atoms with Crippen LogP contribution < -0.4 is 0 Å². The number of rotatable bonds is 4. The smallest absolute Gasteiger partial charge is 0.326 e. The van der Waals surface area contributed by atoms with Gasteiger partial charge in [0.25, 0.3) is 0 Å². The highest BCUT2D eigenvalue weighted by atomic mass is 19.3.